The Hall–Kier alpha value is -1.54. The minimum atomic E-state index is -4.53. The summed E-state index contributed by atoms with van der Waals surface area (Å²) in [5, 5.41) is 0. The van der Waals surface area contributed by atoms with E-state index >= 15 is 0 Å². The van der Waals surface area contributed by atoms with Crippen LogP contribution in [0.4, 0.5) is 0 Å². The average Bonchev–Trinajstić information content (AvgIpc) is 3.20. The van der Waals surface area contributed by atoms with Gasteiger partial charge in [-0.15, -0.1) is 0 Å². The van der Waals surface area contributed by atoms with Crippen LogP contribution in [0.2, 0.25) is 0 Å². The molecular formula is C51H96NO7P. The van der Waals surface area contributed by atoms with Gasteiger partial charge in [-0.2, -0.15) is 0 Å². The molecule has 8 nitrogen and oxygen atoms in total. The predicted molar refractivity (Wildman–Crippen MR) is 254 cm³/mol. The Labute approximate surface area is 371 Å². The molecule has 0 saturated heterocycles. The van der Waals surface area contributed by atoms with E-state index in [-0.39, 0.29) is 25.8 Å². The largest absolute Gasteiger partial charge is 0.756 e. The van der Waals surface area contributed by atoms with Crippen LogP contribution in [0.5, 0.6) is 0 Å². The Morgan fingerprint density at radius 2 is 0.917 bits per heavy atom. The summed E-state index contributed by atoms with van der Waals surface area (Å²) in [4.78, 5) is 25.1. The Morgan fingerprint density at radius 1 is 0.517 bits per heavy atom. The summed E-state index contributed by atoms with van der Waals surface area (Å²) in [5.41, 5.74) is 0. The second-order valence-electron chi connectivity index (χ2n) is 17.8. The minimum absolute atomic E-state index is 0.0221. The summed E-state index contributed by atoms with van der Waals surface area (Å²) in [7, 11) is 1.35. The third-order valence-corrected chi connectivity index (χ3v) is 11.6. The van der Waals surface area contributed by atoms with Crippen molar-refractivity contribution >= 4 is 13.8 Å². The highest BCUT2D eigenvalue weighted by molar-refractivity contribution is 7.45. The summed E-state index contributed by atoms with van der Waals surface area (Å²) in [5.74, 6) is -0.342. The zero-order chi connectivity index (χ0) is 44.1. The highest BCUT2D eigenvalue weighted by atomic mass is 31.2. The number of carbonyl (C=O) groups is 1. The van der Waals surface area contributed by atoms with Gasteiger partial charge in [0.2, 0.25) is 0 Å². The van der Waals surface area contributed by atoms with Crippen molar-refractivity contribution in [1.29, 1.82) is 0 Å². The molecule has 0 spiro atoms. The number of nitrogens with zero attached hydrogens (tertiary/aromatic N) is 1. The van der Waals surface area contributed by atoms with Crippen LogP contribution in [-0.2, 0) is 27.9 Å². The molecule has 2 atom stereocenters. The summed E-state index contributed by atoms with van der Waals surface area (Å²) < 4.78 is 34.7. The third kappa shape index (κ3) is 47.5. The Morgan fingerprint density at radius 3 is 1.42 bits per heavy atom. The fourth-order valence-corrected chi connectivity index (χ4v) is 7.45. The number of hydrogen-bond acceptors (Lipinski definition) is 7. The van der Waals surface area contributed by atoms with Gasteiger partial charge in [-0.25, -0.2) is 0 Å². The van der Waals surface area contributed by atoms with Gasteiger partial charge >= 0.3 is 5.97 Å². The number of phosphoric acid groups is 1. The number of esters is 1. The molecule has 0 heterocycles. The van der Waals surface area contributed by atoms with Gasteiger partial charge in [0.1, 0.15) is 19.3 Å². The molecule has 0 rings (SSSR count). The Kier molecular flexibility index (Phi) is 43.0. The molecule has 0 radical (unpaired) electrons. The number of likely N-dealkylation sites (N-methyl/N-ethyl adjacent to an activating group) is 1. The van der Waals surface area contributed by atoms with Crippen molar-refractivity contribution in [2.24, 2.45) is 0 Å². The number of unbranched alkanes of at least 4 members (excludes halogenated alkanes) is 24. The molecule has 60 heavy (non-hydrogen) atoms. The highest BCUT2D eigenvalue weighted by Crippen LogP contribution is 2.38. The molecule has 0 aliphatic heterocycles. The molecule has 0 aliphatic carbocycles. The van der Waals surface area contributed by atoms with Crippen LogP contribution >= 0.6 is 7.82 Å². The van der Waals surface area contributed by atoms with E-state index in [1.54, 1.807) is 0 Å². The van der Waals surface area contributed by atoms with Gasteiger partial charge in [0.15, 0.2) is 0 Å². The maximum atomic E-state index is 12.7. The normalized spacial score (nSPS) is 14.0. The summed E-state index contributed by atoms with van der Waals surface area (Å²) >= 11 is 0. The first kappa shape index (κ1) is 58.5. The first-order valence-corrected chi connectivity index (χ1v) is 26.3. The van der Waals surface area contributed by atoms with Crippen LogP contribution in [0.25, 0.3) is 0 Å². The van der Waals surface area contributed by atoms with Crippen molar-refractivity contribution in [3.8, 4) is 0 Å². The quantitative estimate of drug-likeness (QED) is 0.0198. The molecule has 0 bridgehead atoms. The molecule has 0 fully saturated rings. The fourth-order valence-electron chi connectivity index (χ4n) is 6.72. The van der Waals surface area contributed by atoms with Gasteiger partial charge in [0.25, 0.3) is 7.82 Å². The first-order chi connectivity index (χ1) is 29.1. The average molecular weight is 866 g/mol. The van der Waals surface area contributed by atoms with Gasteiger partial charge in [-0.1, -0.05) is 178 Å². The van der Waals surface area contributed by atoms with Crippen LogP contribution < -0.4 is 4.89 Å². The van der Waals surface area contributed by atoms with Gasteiger partial charge in [-0.3, -0.25) is 9.36 Å². The molecule has 0 aromatic heterocycles. The second-order valence-corrected chi connectivity index (χ2v) is 19.2. The molecule has 352 valence electrons. The SMILES string of the molecule is CCCCC/C=C\C/C=C\C/C=C\CCCCCCCCCOCC(COP(=O)([O-])OCC[N+](C)(C)C)OC(=O)CCCCCCCCC/C=C\CCCCCCCCC. The van der Waals surface area contributed by atoms with E-state index in [2.05, 4.69) is 62.5 Å². The van der Waals surface area contributed by atoms with Crippen molar-refractivity contribution in [1.82, 2.24) is 0 Å². The van der Waals surface area contributed by atoms with E-state index < -0.39 is 13.9 Å². The number of carbonyl (C=O) groups excluding carboxylic acids is 1. The van der Waals surface area contributed by atoms with Gasteiger partial charge in [0.05, 0.1) is 34.4 Å². The number of phosphoric ester groups is 1. The smallest absolute Gasteiger partial charge is 0.306 e. The lowest BCUT2D eigenvalue weighted by Gasteiger charge is -2.28. The van der Waals surface area contributed by atoms with Crippen LogP contribution in [0.1, 0.15) is 213 Å². The summed E-state index contributed by atoms with van der Waals surface area (Å²) in [6.45, 7) is 5.37. The van der Waals surface area contributed by atoms with Crippen LogP contribution in [0, 0.1) is 0 Å². The fraction of sp³-hybridized carbons (Fsp3) is 0.824. The summed E-state index contributed by atoms with van der Waals surface area (Å²) in [6.07, 6.45) is 54.1. The van der Waals surface area contributed by atoms with Crippen molar-refractivity contribution in [2.75, 3.05) is 54.1 Å². The number of rotatable bonds is 46. The molecule has 0 amide bonds. The van der Waals surface area contributed by atoms with E-state index in [1.165, 1.54) is 141 Å². The Bertz CT molecular complexity index is 1100. The van der Waals surface area contributed by atoms with Crippen molar-refractivity contribution in [3.05, 3.63) is 48.6 Å². The number of quaternary nitrogens is 1. The molecule has 0 saturated carbocycles. The van der Waals surface area contributed by atoms with E-state index in [0.717, 1.165) is 51.4 Å². The maximum absolute atomic E-state index is 12.7. The first-order valence-electron chi connectivity index (χ1n) is 24.9. The molecule has 2 unspecified atom stereocenters. The second kappa shape index (κ2) is 44.1. The van der Waals surface area contributed by atoms with Crippen molar-refractivity contribution < 1.29 is 37.3 Å². The van der Waals surface area contributed by atoms with Crippen molar-refractivity contribution in [2.45, 2.75) is 219 Å². The Balaban J connectivity index is 4.20. The third-order valence-electron chi connectivity index (χ3n) is 10.6. The molecule has 9 heteroatoms. The van der Waals surface area contributed by atoms with Gasteiger partial charge in [-0.05, 0) is 77.0 Å². The number of allylic oxidation sites excluding steroid dienone is 8. The molecule has 0 aromatic carbocycles. The molecular weight excluding hydrogens is 770 g/mol. The number of ether oxygens (including phenoxy) is 2. The van der Waals surface area contributed by atoms with E-state index in [4.69, 9.17) is 18.5 Å². The summed E-state index contributed by atoms with van der Waals surface area (Å²) in [6, 6.07) is 0. The lowest BCUT2D eigenvalue weighted by atomic mass is 10.1. The standard InChI is InChI=1S/C51H96NO7P/c1-6-8-10-12-14-16-18-20-22-24-26-27-29-31-33-35-37-39-41-43-46-56-48-50(49-58-60(54,55)57-47-45-52(3,4)5)59-51(53)44-42-40-38-36-34-32-30-28-25-23-21-19-17-15-13-11-9-7-2/h14,16,20,22-23,25-27,50H,6-13,15,17-19,21,24,28-49H2,1-5H3/b16-14-,22-20-,25-23-,27-26-. The predicted octanol–water partition coefficient (Wildman–Crippen LogP) is 14.5. The lowest BCUT2D eigenvalue weighted by Crippen LogP contribution is -2.37. The topological polar surface area (TPSA) is 94.1 Å². The molecule has 0 aromatic rings. The van der Waals surface area contributed by atoms with E-state index in [1.807, 2.05) is 21.1 Å². The zero-order valence-corrected chi connectivity index (χ0v) is 40.8. The highest BCUT2D eigenvalue weighted by Gasteiger charge is 2.20. The van der Waals surface area contributed by atoms with Crippen LogP contribution in [-0.4, -0.2) is 70.7 Å². The van der Waals surface area contributed by atoms with E-state index in [0.29, 0.717) is 24.1 Å². The van der Waals surface area contributed by atoms with Gasteiger partial charge in [0, 0.05) is 13.0 Å². The maximum Gasteiger partial charge on any atom is 0.306 e. The van der Waals surface area contributed by atoms with Crippen LogP contribution in [0.3, 0.4) is 0 Å². The molecule has 0 aliphatic rings. The van der Waals surface area contributed by atoms with Gasteiger partial charge < -0.3 is 27.9 Å². The number of hydrogen-bond donors (Lipinski definition) is 0. The molecule has 0 N–H and O–H groups in total. The lowest BCUT2D eigenvalue weighted by molar-refractivity contribution is -0.870. The van der Waals surface area contributed by atoms with E-state index in [9.17, 15) is 14.3 Å². The van der Waals surface area contributed by atoms with Crippen molar-refractivity contribution in [3.63, 3.8) is 0 Å². The minimum Gasteiger partial charge on any atom is -0.756 e. The monoisotopic (exact) mass is 866 g/mol. The zero-order valence-electron chi connectivity index (χ0n) is 39.9. The van der Waals surface area contributed by atoms with Crippen LogP contribution in [0.15, 0.2) is 48.6 Å².